The molecule has 1 aromatic rings. The predicted molar refractivity (Wildman–Crippen MR) is 112 cm³/mol. The van der Waals surface area contributed by atoms with Crippen LogP contribution in [0.25, 0.3) is 0 Å². The highest BCUT2D eigenvalue weighted by atomic mass is 32.2. The Bertz CT molecular complexity index is 897. The molecule has 10 heteroatoms. The van der Waals surface area contributed by atoms with Gasteiger partial charge in [-0.25, -0.2) is 13.2 Å². The zero-order valence-electron chi connectivity index (χ0n) is 17.4. The van der Waals surface area contributed by atoms with Gasteiger partial charge in [0.15, 0.2) is 9.84 Å². The van der Waals surface area contributed by atoms with E-state index >= 15 is 0 Å². The first-order chi connectivity index (χ1) is 14.8. The highest BCUT2D eigenvalue weighted by Gasteiger charge is 2.44. The number of rotatable bonds is 8. The lowest BCUT2D eigenvalue weighted by atomic mass is 9.88. The summed E-state index contributed by atoms with van der Waals surface area (Å²) < 4.78 is 36.3. The molecule has 2 atom stereocenters. The van der Waals surface area contributed by atoms with Crippen LogP contribution in [0.2, 0.25) is 0 Å². The molecular formula is C21H30N2O7S. The third-order valence-corrected chi connectivity index (χ3v) is 8.60. The van der Waals surface area contributed by atoms with Crippen molar-refractivity contribution in [1.82, 2.24) is 10.2 Å². The Labute approximate surface area is 182 Å². The first-order valence-electron chi connectivity index (χ1n) is 10.8. The molecule has 2 saturated heterocycles. The second-order valence-corrected chi connectivity index (χ2v) is 10.9. The molecule has 0 aromatic heterocycles. The van der Waals surface area contributed by atoms with Crippen molar-refractivity contribution in [3.8, 4) is 5.75 Å². The van der Waals surface area contributed by atoms with E-state index in [0.717, 1.165) is 25.9 Å². The number of aliphatic hydroxyl groups is 1. The third kappa shape index (κ3) is 5.14. The zero-order chi connectivity index (χ0) is 22.1. The van der Waals surface area contributed by atoms with E-state index in [-0.39, 0.29) is 34.9 Å². The number of ether oxygens (including phenoxy) is 2. The molecule has 1 spiro atoms. The second kappa shape index (κ2) is 8.93. The number of nitrogens with one attached hydrogen (secondary N) is 1. The maximum Gasteiger partial charge on any atom is 0.407 e. The molecule has 2 heterocycles. The summed E-state index contributed by atoms with van der Waals surface area (Å²) in [6, 6.07) is 5.92. The van der Waals surface area contributed by atoms with Crippen LogP contribution in [-0.2, 0) is 14.6 Å². The van der Waals surface area contributed by atoms with Crippen LogP contribution in [0.4, 0.5) is 4.79 Å². The lowest BCUT2D eigenvalue weighted by Gasteiger charge is -2.34. The molecule has 1 saturated carbocycles. The smallest absolute Gasteiger partial charge is 0.407 e. The van der Waals surface area contributed by atoms with Crippen molar-refractivity contribution in [3.05, 3.63) is 24.3 Å². The van der Waals surface area contributed by atoms with Gasteiger partial charge in [0.05, 0.1) is 34.9 Å². The summed E-state index contributed by atoms with van der Waals surface area (Å²) in [7, 11) is -3.33. The zero-order valence-corrected chi connectivity index (χ0v) is 18.2. The quantitative estimate of drug-likeness (QED) is 0.536. The van der Waals surface area contributed by atoms with Gasteiger partial charge in [-0.05, 0) is 63.4 Å². The highest BCUT2D eigenvalue weighted by Crippen LogP contribution is 2.36. The summed E-state index contributed by atoms with van der Waals surface area (Å²) in [5, 5.41) is 23.1. The maximum atomic E-state index is 12.4. The van der Waals surface area contributed by atoms with Crippen LogP contribution in [-0.4, -0.2) is 85.5 Å². The third-order valence-electron chi connectivity index (χ3n) is 6.34. The maximum absolute atomic E-state index is 12.4. The van der Waals surface area contributed by atoms with Crippen molar-refractivity contribution >= 4 is 15.9 Å². The van der Waals surface area contributed by atoms with E-state index in [2.05, 4.69) is 5.32 Å². The SMILES string of the molecule is O=C(O)N(C[C@H](O)COc1cccc(S(=O)(=O)C2CC2)c1)C1COC2(CCNCC2)C1. The number of aliphatic hydroxyl groups excluding tert-OH is 1. The van der Waals surface area contributed by atoms with Gasteiger partial charge in [0.2, 0.25) is 0 Å². The average Bonchev–Trinajstić information content (AvgIpc) is 3.55. The van der Waals surface area contributed by atoms with Gasteiger partial charge in [-0.2, -0.15) is 0 Å². The summed E-state index contributed by atoms with van der Waals surface area (Å²) in [6.07, 6.45) is 1.53. The first kappa shape index (κ1) is 22.3. The molecule has 0 radical (unpaired) electrons. The number of piperidine rings is 1. The number of hydrogen-bond acceptors (Lipinski definition) is 7. The molecular weight excluding hydrogens is 424 g/mol. The van der Waals surface area contributed by atoms with Gasteiger partial charge in [-0.3, -0.25) is 0 Å². The van der Waals surface area contributed by atoms with Crippen molar-refractivity contribution in [1.29, 1.82) is 0 Å². The van der Waals surface area contributed by atoms with E-state index in [1.807, 2.05) is 0 Å². The number of carbonyl (C=O) groups is 1. The standard InChI is InChI=1S/C21H30N2O7S/c24-16(14-29-17-2-1-3-19(10-17)31(27,28)18-4-5-18)12-23(20(25)26)15-11-21(30-13-15)6-8-22-9-7-21/h1-3,10,15-16,18,22,24H,4-9,11-14H2,(H,25,26)/t15?,16-/m0/s1. The fourth-order valence-corrected chi connectivity index (χ4v) is 6.11. The van der Waals surface area contributed by atoms with Gasteiger partial charge in [-0.1, -0.05) is 6.07 Å². The lowest BCUT2D eigenvalue weighted by Crippen LogP contribution is -2.47. The van der Waals surface area contributed by atoms with E-state index in [0.29, 0.717) is 31.6 Å². The molecule has 0 bridgehead atoms. The number of nitrogens with zero attached hydrogens (tertiary/aromatic N) is 1. The fourth-order valence-electron chi connectivity index (χ4n) is 4.42. The van der Waals surface area contributed by atoms with Gasteiger partial charge in [0, 0.05) is 0 Å². The fraction of sp³-hybridized carbons (Fsp3) is 0.667. The van der Waals surface area contributed by atoms with Crippen LogP contribution >= 0.6 is 0 Å². The molecule has 3 fully saturated rings. The Hall–Kier alpha value is -1.88. The van der Waals surface area contributed by atoms with Crippen LogP contribution in [0, 0.1) is 0 Å². The van der Waals surface area contributed by atoms with E-state index in [4.69, 9.17) is 9.47 Å². The topological polar surface area (TPSA) is 125 Å². The van der Waals surface area contributed by atoms with E-state index in [1.165, 1.54) is 11.0 Å². The normalized spacial score (nSPS) is 24.1. The van der Waals surface area contributed by atoms with Gasteiger partial charge in [0.25, 0.3) is 0 Å². The Morgan fingerprint density at radius 2 is 2.06 bits per heavy atom. The van der Waals surface area contributed by atoms with Crippen molar-refractivity contribution in [2.45, 2.75) is 60.0 Å². The Morgan fingerprint density at radius 1 is 1.32 bits per heavy atom. The van der Waals surface area contributed by atoms with E-state index < -0.39 is 22.0 Å². The van der Waals surface area contributed by atoms with Gasteiger partial charge >= 0.3 is 6.09 Å². The molecule has 3 N–H and O–H groups in total. The molecule has 1 aromatic carbocycles. The Balaban J connectivity index is 1.33. The molecule has 2 aliphatic heterocycles. The average molecular weight is 455 g/mol. The summed E-state index contributed by atoms with van der Waals surface area (Å²) >= 11 is 0. The summed E-state index contributed by atoms with van der Waals surface area (Å²) in [5.74, 6) is 0.334. The molecule has 31 heavy (non-hydrogen) atoms. The molecule has 1 unspecified atom stereocenters. The molecule has 172 valence electrons. The van der Waals surface area contributed by atoms with Crippen molar-refractivity contribution in [2.75, 3.05) is 32.8 Å². The van der Waals surface area contributed by atoms with Gasteiger partial charge in [0.1, 0.15) is 18.5 Å². The van der Waals surface area contributed by atoms with Gasteiger partial charge < -0.3 is 29.9 Å². The van der Waals surface area contributed by atoms with Crippen LogP contribution in [0.3, 0.4) is 0 Å². The summed E-state index contributed by atoms with van der Waals surface area (Å²) in [4.78, 5) is 13.3. The summed E-state index contributed by atoms with van der Waals surface area (Å²) in [6.45, 7) is 1.79. The van der Waals surface area contributed by atoms with Crippen LogP contribution < -0.4 is 10.1 Å². The van der Waals surface area contributed by atoms with Crippen LogP contribution in [0.5, 0.6) is 5.75 Å². The van der Waals surface area contributed by atoms with Crippen LogP contribution in [0.15, 0.2) is 29.2 Å². The second-order valence-electron chi connectivity index (χ2n) is 8.72. The summed E-state index contributed by atoms with van der Waals surface area (Å²) in [5.41, 5.74) is -0.279. The van der Waals surface area contributed by atoms with Crippen LogP contribution in [0.1, 0.15) is 32.1 Å². The van der Waals surface area contributed by atoms with Crippen molar-refractivity contribution in [3.63, 3.8) is 0 Å². The molecule has 3 aliphatic rings. The largest absolute Gasteiger partial charge is 0.491 e. The van der Waals surface area contributed by atoms with Gasteiger partial charge in [-0.15, -0.1) is 0 Å². The minimum Gasteiger partial charge on any atom is -0.491 e. The highest BCUT2D eigenvalue weighted by molar-refractivity contribution is 7.92. The predicted octanol–water partition coefficient (Wildman–Crippen LogP) is 1.25. The monoisotopic (exact) mass is 454 g/mol. The van der Waals surface area contributed by atoms with Crippen molar-refractivity contribution < 1.29 is 32.9 Å². The first-order valence-corrected chi connectivity index (χ1v) is 12.3. The molecule has 1 amide bonds. The molecule has 1 aliphatic carbocycles. The Kier molecular flexibility index (Phi) is 6.43. The minimum atomic E-state index is -3.33. The molecule has 9 nitrogen and oxygen atoms in total. The van der Waals surface area contributed by atoms with E-state index in [1.54, 1.807) is 18.2 Å². The number of sulfone groups is 1. The van der Waals surface area contributed by atoms with E-state index in [9.17, 15) is 23.4 Å². The number of amides is 1. The van der Waals surface area contributed by atoms with Crippen molar-refractivity contribution in [2.24, 2.45) is 0 Å². The lowest BCUT2D eigenvalue weighted by molar-refractivity contribution is -0.0205. The minimum absolute atomic E-state index is 0.0995. The molecule has 4 rings (SSSR count). The number of carboxylic acid groups (broad SMARTS) is 1. The number of hydrogen-bond donors (Lipinski definition) is 3. The Morgan fingerprint density at radius 3 is 2.74 bits per heavy atom. The number of benzene rings is 1.